The van der Waals surface area contributed by atoms with Gasteiger partial charge in [-0.2, -0.15) is 0 Å². The van der Waals surface area contributed by atoms with Crippen molar-refractivity contribution in [2.75, 3.05) is 43.4 Å². The Balaban J connectivity index is 1.33. The Morgan fingerprint density at radius 2 is 1.68 bits per heavy atom. The Labute approximate surface area is 166 Å². The summed E-state index contributed by atoms with van der Waals surface area (Å²) < 4.78 is 0. The molecule has 1 aromatic carbocycles. The molecule has 1 aromatic heterocycles. The Morgan fingerprint density at radius 1 is 0.964 bits per heavy atom. The fraction of sp³-hybridized carbons (Fsp3) is 0.476. The molecule has 1 aliphatic heterocycles. The smallest absolute Gasteiger partial charge is 0.272 e. The number of aromatic nitrogens is 2. The maximum absolute atomic E-state index is 12.2. The minimum atomic E-state index is -0.137. The zero-order chi connectivity index (χ0) is 19.3. The third kappa shape index (κ3) is 4.59. The lowest BCUT2D eigenvalue weighted by molar-refractivity contribution is 0.0932. The lowest BCUT2D eigenvalue weighted by atomic mass is 10.2. The van der Waals surface area contributed by atoms with Crippen molar-refractivity contribution in [2.45, 2.75) is 31.7 Å². The highest BCUT2D eigenvalue weighted by Crippen LogP contribution is 2.21. The van der Waals surface area contributed by atoms with Crippen LogP contribution in [0.25, 0.3) is 0 Å². The highest BCUT2D eigenvalue weighted by molar-refractivity contribution is 5.92. The van der Waals surface area contributed by atoms with Gasteiger partial charge in [0.15, 0.2) is 11.5 Å². The first-order valence-corrected chi connectivity index (χ1v) is 10.1. The highest BCUT2D eigenvalue weighted by atomic mass is 16.2. The van der Waals surface area contributed by atoms with Crippen LogP contribution in [0.4, 0.5) is 17.2 Å². The van der Waals surface area contributed by atoms with Crippen molar-refractivity contribution in [3.63, 3.8) is 0 Å². The van der Waals surface area contributed by atoms with E-state index in [1.54, 1.807) is 12.1 Å². The van der Waals surface area contributed by atoms with Crippen molar-refractivity contribution in [1.29, 1.82) is 0 Å². The molecule has 148 valence electrons. The average Bonchev–Trinajstić information content (AvgIpc) is 3.23. The van der Waals surface area contributed by atoms with Crippen molar-refractivity contribution in [1.82, 2.24) is 20.4 Å². The van der Waals surface area contributed by atoms with E-state index in [-0.39, 0.29) is 11.9 Å². The number of anilines is 3. The molecule has 7 nitrogen and oxygen atoms in total. The first-order valence-electron chi connectivity index (χ1n) is 10.1. The molecular weight excluding hydrogens is 352 g/mol. The Kier molecular flexibility index (Phi) is 5.71. The first kappa shape index (κ1) is 18.7. The summed E-state index contributed by atoms with van der Waals surface area (Å²) in [5.41, 5.74) is 2.56. The van der Waals surface area contributed by atoms with Gasteiger partial charge in [0.05, 0.1) is 0 Å². The van der Waals surface area contributed by atoms with E-state index in [1.165, 1.54) is 18.5 Å². The minimum Gasteiger partial charge on any atom is -0.369 e. The van der Waals surface area contributed by atoms with Gasteiger partial charge < -0.3 is 20.4 Å². The van der Waals surface area contributed by atoms with Crippen LogP contribution in [0.15, 0.2) is 36.4 Å². The second-order valence-corrected chi connectivity index (χ2v) is 7.72. The zero-order valence-electron chi connectivity index (χ0n) is 16.4. The van der Waals surface area contributed by atoms with E-state index in [0.29, 0.717) is 11.5 Å². The topological polar surface area (TPSA) is 73.4 Å². The van der Waals surface area contributed by atoms with Crippen LogP contribution in [0.2, 0.25) is 0 Å². The monoisotopic (exact) mass is 380 g/mol. The normalized spacial score (nSPS) is 18.2. The summed E-state index contributed by atoms with van der Waals surface area (Å²) in [6, 6.07) is 12.2. The van der Waals surface area contributed by atoms with E-state index < -0.39 is 0 Å². The standard InChI is InChI=1S/C21H28N6O/c1-26-12-14-27(15-13-26)18-8-6-17(7-9-18)22-20-11-10-19(24-25-20)21(28)23-16-4-2-3-5-16/h6-11,16H,2-5,12-15H2,1H3,(H,22,25)(H,23,28). The summed E-state index contributed by atoms with van der Waals surface area (Å²) in [5, 5.41) is 14.5. The summed E-state index contributed by atoms with van der Waals surface area (Å²) in [7, 11) is 2.16. The van der Waals surface area contributed by atoms with Crippen molar-refractivity contribution in [3.8, 4) is 0 Å². The van der Waals surface area contributed by atoms with E-state index >= 15 is 0 Å². The molecule has 2 aliphatic rings. The maximum Gasteiger partial charge on any atom is 0.272 e. The number of hydrogen-bond donors (Lipinski definition) is 2. The predicted octanol–water partition coefficient (Wildman–Crippen LogP) is 2.64. The van der Waals surface area contributed by atoms with Crippen molar-refractivity contribution < 1.29 is 4.79 Å². The third-order valence-corrected chi connectivity index (χ3v) is 5.60. The molecule has 7 heteroatoms. The lowest BCUT2D eigenvalue weighted by Gasteiger charge is -2.34. The molecule has 0 atom stereocenters. The largest absolute Gasteiger partial charge is 0.369 e. The number of rotatable bonds is 5. The first-order chi connectivity index (χ1) is 13.7. The molecule has 1 aliphatic carbocycles. The second-order valence-electron chi connectivity index (χ2n) is 7.72. The van der Waals surface area contributed by atoms with Gasteiger partial charge in [-0.05, 0) is 56.3 Å². The lowest BCUT2D eigenvalue weighted by Crippen LogP contribution is -2.44. The number of piperazine rings is 1. The fourth-order valence-electron chi connectivity index (χ4n) is 3.82. The zero-order valence-corrected chi connectivity index (χ0v) is 16.4. The molecule has 0 unspecified atom stereocenters. The van der Waals surface area contributed by atoms with Crippen LogP contribution in [0.3, 0.4) is 0 Å². The summed E-state index contributed by atoms with van der Waals surface area (Å²) in [6.45, 7) is 4.30. The Hall–Kier alpha value is -2.67. The Bertz CT molecular complexity index is 778. The molecule has 0 bridgehead atoms. The van der Waals surface area contributed by atoms with E-state index in [4.69, 9.17) is 0 Å². The number of hydrogen-bond acceptors (Lipinski definition) is 6. The number of nitrogens with one attached hydrogen (secondary N) is 2. The van der Waals surface area contributed by atoms with Gasteiger partial charge in [-0.3, -0.25) is 4.79 Å². The molecule has 28 heavy (non-hydrogen) atoms. The van der Waals surface area contributed by atoms with Gasteiger partial charge in [0.1, 0.15) is 0 Å². The molecule has 2 aromatic rings. The van der Waals surface area contributed by atoms with Gasteiger partial charge in [-0.1, -0.05) is 12.8 Å². The van der Waals surface area contributed by atoms with Gasteiger partial charge in [-0.25, -0.2) is 0 Å². The van der Waals surface area contributed by atoms with Crippen LogP contribution >= 0.6 is 0 Å². The van der Waals surface area contributed by atoms with Crippen molar-refractivity contribution in [2.24, 2.45) is 0 Å². The number of carbonyl (C=O) groups excluding carboxylic acids is 1. The van der Waals surface area contributed by atoms with Gasteiger partial charge >= 0.3 is 0 Å². The second kappa shape index (κ2) is 8.56. The summed E-state index contributed by atoms with van der Waals surface area (Å²) in [6.07, 6.45) is 4.49. The molecule has 1 amide bonds. The van der Waals surface area contributed by atoms with Crippen molar-refractivity contribution in [3.05, 3.63) is 42.1 Å². The van der Waals surface area contributed by atoms with Crippen LogP contribution in [-0.4, -0.2) is 60.3 Å². The van der Waals surface area contributed by atoms with E-state index in [9.17, 15) is 4.79 Å². The van der Waals surface area contributed by atoms with E-state index in [2.05, 4.69) is 61.9 Å². The Morgan fingerprint density at radius 3 is 2.32 bits per heavy atom. The molecular formula is C21H28N6O. The highest BCUT2D eigenvalue weighted by Gasteiger charge is 2.19. The van der Waals surface area contributed by atoms with Crippen LogP contribution in [0.1, 0.15) is 36.2 Å². The number of benzene rings is 1. The average molecular weight is 380 g/mol. The number of nitrogens with zero attached hydrogens (tertiary/aromatic N) is 4. The van der Waals surface area contributed by atoms with Crippen molar-refractivity contribution >= 4 is 23.1 Å². The van der Waals surface area contributed by atoms with Crippen LogP contribution in [0, 0.1) is 0 Å². The molecule has 1 saturated heterocycles. The summed E-state index contributed by atoms with van der Waals surface area (Å²) in [4.78, 5) is 17.0. The molecule has 0 radical (unpaired) electrons. The van der Waals surface area contributed by atoms with Gasteiger partial charge in [0.25, 0.3) is 5.91 Å². The number of amides is 1. The summed E-state index contributed by atoms with van der Waals surface area (Å²) >= 11 is 0. The van der Waals surface area contributed by atoms with Crippen LogP contribution in [0.5, 0.6) is 0 Å². The molecule has 2 heterocycles. The molecule has 2 N–H and O–H groups in total. The van der Waals surface area contributed by atoms with Crippen LogP contribution < -0.4 is 15.5 Å². The number of likely N-dealkylation sites (N-methyl/N-ethyl adjacent to an activating group) is 1. The molecule has 2 fully saturated rings. The maximum atomic E-state index is 12.2. The summed E-state index contributed by atoms with van der Waals surface area (Å²) in [5.74, 6) is 0.493. The van der Waals surface area contributed by atoms with Gasteiger partial charge in [-0.15, -0.1) is 10.2 Å². The number of carbonyl (C=O) groups is 1. The van der Waals surface area contributed by atoms with Gasteiger partial charge in [0.2, 0.25) is 0 Å². The third-order valence-electron chi connectivity index (χ3n) is 5.60. The SMILES string of the molecule is CN1CCN(c2ccc(Nc3ccc(C(=O)NC4CCCC4)nn3)cc2)CC1. The minimum absolute atomic E-state index is 0.137. The fourth-order valence-corrected chi connectivity index (χ4v) is 3.82. The van der Waals surface area contributed by atoms with Crippen LogP contribution in [-0.2, 0) is 0 Å². The van der Waals surface area contributed by atoms with Gasteiger partial charge in [0, 0.05) is 43.6 Å². The van der Waals surface area contributed by atoms with E-state index in [0.717, 1.165) is 44.7 Å². The molecule has 0 spiro atoms. The molecule has 4 rings (SSSR count). The molecule has 1 saturated carbocycles. The quantitative estimate of drug-likeness (QED) is 0.831. The predicted molar refractivity (Wildman–Crippen MR) is 111 cm³/mol. The van der Waals surface area contributed by atoms with E-state index in [1.807, 2.05) is 0 Å².